The van der Waals surface area contributed by atoms with Crippen LogP contribution in [-0.2, 0) is 6.42 Å². The highest BCUT2D eigenvalue weighted by atomic mass is 35.5. The number of halogens is 5. The Bertz CT molecular complexity index is 385. The average Bonchev–Trinajstić information content (AvgIpc) is 2.24. The zero-order valence-electron chi connectivity index (χ0n) is 9.36. The highest BCUT2D eigenvalue weighted by Crippen LogP contribution is 2.29. The van der Waals surface area contributed by atoms with Crippen LogP contribution in [-0.4, -0.2) is 24.4 Å². The average molecular weight is 318 g/mol. The van der Waals surface area contributed by atoms with E-state index in [4.69, 9.17) is 23.2 Å². The number of hydrogen-bond acceptors (Lipinski definition) is 2. The topological polar surface area (TPSA) is 12.0 Å². The summed E-state index contributed by atoms with van der Waals surface area (Å²) < 4.78 is 35.5. The van der Waals surface area contributed by atoms with E-state index in [0.29, 0.717) is 29.6 Å². The second-order valence-electron chi connectivity index (χ2n) is 3.53. The zero-order chi connectivity index (χ0) is 13.6. The molecule has 0 bridgehead atoms. The molecule has 0 aliphatic carbocycles. The monoisotopic (exact) mass is 317 g/mol. The number of benzene rings is 1. The molecule has 0 aliphatic heterocycles. The van der Waals surface area contributed by atoms with Crippen LogP contribution in [0.3, 0.4) is 0 Å². The predicted molar refractivity (Wildman–Crippen MR) is 71.5 cm³/mol. The fourth-order valence-corrected chi connectivity index (χ4v) is 2.29. The maximum Gasteiger partial charge on any atom is 0.441 e. The molecule has 0 atom stereocenters. The zero-order valence-corrected chi connectivity index (χ0v) is 11.7. The SMILES string of the molecule is FC(F)(F)SCCNCCc1ccc(Cl)cc1Cl. The largest absolute Gasteiger partial charge is 0.441 e. The van der Waals surface area contributed by atoms with Gasteiger partial charge < -0.3 is 5.32 Å². The first-order valence-corrected chi connectivity index (χ1v) is 6.98. The van der Waals surface area contributed by atoms with Crippen LogP contribution in [0.1, 0.15) is 5.56 Å². The minimum atomic E-state index is -4.15. The molecule has 1 N–H and O–H groups in total. The van der Waals surface area contributed by atoms with Gasteiger partial charge in [-0.2, -0.15) is 13.2 Å². The van der Waals surface area contributed by atoms with Crippen molar-refractivity contribution in [3.8, 4) is 0 Å². The van der Waals surface area contributed by atoms with E-state index < -0.39 is 5.51 Å². The summed E-state index contributed by atoms with van der Waals surface area (Å²) in [6.07, 6.45) is 0.659. The van der Waals surface area contributed by atoms with Crippen molar-refractivity contribution < 1.29 is 13.2 Å². The first-order valence-electron chi connectivity index (χ1n) is 5.24. The molecule has 1 aromatic carbocycles. The summed E-state index contributed by atoms with van der Waals surface area (Å²) in [5.41, 5.74) is -3.22. The van der Waals surface area contributed by atoms with Gasteiger partial charge in [0.15, 0.2) is 0 Å². The van der Waals surface area contributed by atoms with Gasteiger partial charge in [0.25, 0.3) is 0 Å². The van der Waals surface area contributed by atoms with Crippen LogP contribution < -0.4 is 5.32 Å². The van der Waals surface area contributed by atoms with E-state index in [1.54, 1.807) is 12.1 Å². The highest BCUT2D eigenvalue weighted by Gasteiger charge is 2.27. The number of hydrogen-bond donors (Lipinski definition) is 1. The number of thioether (sulfide) groups is 1. The lowest BCUT2D eigenvalue weighted by atomic mass is 10.1. The Labute approximate surface area is 118 Å². The maximum atomic E-state index is 11.8. The van der Waals surface area contributed by atoms with Crippen molar-refractivity contribution in [2.45, 2.75) is 11.9 Å². The predicted octanol–water partition coefficient (Wildman–Crippen LogP) is 4.38. The summed E-state index contributed by atoms with van der Waals surface area (Å²) in [4.78, 5) is 0. The fourth-order valence-electron chi connectivity index (χ4n) is 1.31. The molecule has 0 unspecified atom stereocenters. The van der Waals surface area contributed by atoms with Gasteiger partial charge >= 0.3 is 5.51 Å². The van der Waals surface area contributed by atoms with E-state index >= 15 is 0 Å². The molecule has 0 heterocycles. The molecule has 18 heavy (non-hydrogen) atoms. The van der Waals surface area contributed by atoms with Crippen LogP contribution in [0.25, 0.3) is 0 Å². The van der Waals surface area contributed by atoms with Gasteiger partial charge in [-0.3, -0.25) is 0 Å². The minimum Gasteiger partial charge on any atom is -0.316 e. The molecular formula is C11H12Cl2F3NS. The molecule has 1 aromatic rings. The quantitative estimate of drug-likeness (QED) is 0.781. The third-order valence-corrected chi connectivity index (χ3v) is 3.45. The second-order valence-corrected chi connectivity index (χ2v) is 5.53. The molecule has 0 spiro atoms. The molecule has 0 aliphatic rings. The van der Waals surface area contributed by atoms with Crippen molar-refractivity contribution in [2.24, 2.45) is 0 Å². The van der Waals surface area contributed by atoms with Crippen LogP contribution >= 0.6 is 35.0 Å². The van der Waals surface area contributed by atoms with Crippen LogP contribution in [0.4, 0.5) is 13.2 Å². The van der Waals surface area contributed by atoms with E-state index in [1.165, 1.54) is 0 Å². The van der Waals surface area contributed by atoms with Gasteiger partial charge in [0.05, 0.1) is 0 Å². The molecule has 102 valence electrons. The second kappa shape index (κ2) is 7.48. The molecule has 7 heteroatoms. The summed E-state index contributed by atoms with van der Waals surface area (Å²) in [5, 5.41) is 4.08. The van der Waals surface area contributed by atoms with Crippen LogP contribution in [0.15, 0.2) is 18.2 Å². The molecule has 0 saturated heterocycles. The van der Waals surface area contributed by atoms with Crippen molar-refractivity contribution in [2.75, 3.05) is 18.8 Å². The lowest BCUT2D eigenvalue weighted by Crippen LogP contribution is -2.21. The minimum absolute atomic E-state index is 0.0118. The Balaban J connectivity index is 2.18. The Hall–Kier alpha value is -0.100. The molecular weight excluding hydrogens is 306 g/mol. The van der Waals surface area contributed by atoms with Crippen molar-refractivity contribution in [3.05, 3.63) is 33.8 Å². The van der Waals surface area contributed by atoms with Gasteiger partial charge in [-0.25, -0.2) is 0 Å². The van der Waals surface area contributed by atoms with Crippen molar-refractivity contribution in [1.29, 1.82) is 0 Å². The van der Waals surface area contributed by atoms with Crippen molar-refractivity contribution >= 4 is 35.0 Å². The molecule has 1 nitrogen and oxygen atoms in total. The van der Waals surface area contributed by atoms with E-state index in [1.807, 2.05) is 6.07 Å². The van der Waals surface area contributed by atoms with E-state index in [-0.39, 0.29) is 17.5 Å². The van der Waals surface area contributed by atoms with E-state index in [9.17, 15) is 13.2 Å². The van der Waals surface area contributed by atoms with Gasteiger partial charge in [0.1, 0.15) is 0 Å². The van der Waals surface area contributed by atoms with Crippen LogP contribution in [0, 0.1) is 0 Å². The highest BCUT2D eigenvalue weighted by molar-refractivity contribution is 8.00. The molecule has 0 radical (unpaired) electrons. The first-order chi connectivity index (χ1) is 8.38. The van der Waals surface area contributed by atoms with Crippen molar-refractivity contribution in [3.63, 3.8) is 0 Å². The lowest BCUT2D eigenvalue weighted by Gasteiger charge is -2.08. The Morgan fingerprint density at radius 3 is 2.50 bits per heavy atom. The summed E-state index contributed by atoms with van der Waals surface area (Å²) in [6, 6.07) is 5.21. The number of rotatable bonds is 6. The van der Waals surface area contributed by atoms with Gasteiger partial charge in [0, 0.05) is 22.3 Å². The van der Waals surface area contributed by atoms with Gasteiger partial charge in [-0.15, -0.1) is 0 Å². The Morgan fingerprint density at radius 2 is 1.89 bits per heavy atom. The molecule has 0 aromatic heterocycles. The summed E-state index contributed by atoms with van der Waals surface area (Å²) in [5.74, 6) is 0.0118. The van der Waals surface area contributed by atoms with Gasteiger partial charge in [-0.05, 0) is 42.4 Å². The lowest BCUT2D eigenvalue weighted by molar-refractivity contribution is -0.0327. The Kier molecular flexibility index (Phi) is 6.63. The Morgan fingerprint density at radius 1 is 1.17 bits per heavy atom. The smallest absolute Gasteiger partial charge is 0.316 e. The molecule has 0 saturated carbocycles. The fraction of sp³-hybridized carbons (Fsp3) is 0.455. The summed E-state index contributed by atoms with van der Waals surface area (Å²) in [7, 11) is 0. The third-order valence-electron chi connectivity index (χ3n) is 2.13. The first kappa shape index (κ1) is 16.0. The van der Waals surface area contributed by atoms with Gasteiger partial charge in [0.2, 0.25) is 0 Å². The summed E-state index contributed by atoms with van der Waals surface area (Å²) in [6.45, 7) is 0.898. The van der Waals surface area contributed by atoms with E-state index in [2.05, 4.69) is 5.32 Å². The molecule has 0 fully saturated rings. The number of alkyl halides is 3. The van der Waals surface area contributed by atoms with Crippen molar-refractivity contribution in [1.82, 2.24) is 5.32 Å². The standard InChI is InChI=1S/C11H12Cl2F3NS/c12-9-2-1-8(10(13)7-9)3-4-17-5-6-18-11(14,15)16/h1-2,7,17H,3-6H2. The maximum absolute atomic E-state index is 11.8. The molecule has 0 amide bonds. The van der Waals surface area contributed by atoms with Crippen LogP contribution in [0.2, 0.25) is 10.0 Å². The van der Waals surface area contributed by atoms with E-state index in [0.717, 1.165) is 5.56 Å². The van der Waals surface area contributed by atoms with Gasteiger partial charge in [-0.1, -0.05) is 29.3 Å². The normalized spacial score (nSPS) is 11.8. The summed E-state index contributed by atoms with van der Waals surface area (Å²) >= 11 is 11.7. The number of nitrogens with one attached hydrogen (secondary N) is 1. The van der Waals surface area contributed by atoms with Crippen LogP contribution in [0.5, 0.6) is 0 Å². The molecule has 1 rings (SSSR count). The third kappa shape index (κ3) is 6.73.